The summed E-state index contributed by atoms with van der Waals surface area (Å²) in [6.45, 7) is 3.76. The first-order chi connectivity index (χ1) is 9.38. The van der Waals surface area contributed by atoms with Gasteiger partial charge in [0.15, 0.2) is 0 Å². The second kappa shape index (κ2) is 5.50. The van der Waals surface area contributed by atoms with Crippen LogP contribution in [-0.2, 0) is 4.79 Å². The van der Waals surface area contributed by atoms with E-state index in [9.17, 15) is 14.7 Å². The number of aryl methyl sites for hydroxylation is 2. The minimum absolute atomic E-state index is 0.0276. The van der Waals surface area contributed by atoms with Crippen LogP contribution in [0.25, 0.3) is 0 Å². The molecule has 6 heteroatoms. The van der Waals surface area contributed by atoms with Crippen molar-refractivity contribution in [3.63, 3.8) is 0 Å². The predicted molar refractivity (Wildman–Crippen MR) is 73.7 cm³/mol. The molecular formula is C14H18N2O4. The van der Waals surface area contributed by atoms with Crippen LogP contribution in [0.15, 0.2) is 18.2 Å². The van der Waals surface area contributed by atoms with E-state index in [1.165, 1.54) is 0 Å². The molecule has 3 N–H and O–H groups in total. The van der Waals surface area contributed by atoms with Gasteiger partial charge in [0.25, 0.3) is 0 Å². The van der Waals surface area contributed by atoms with E-state index in [1.54, 1.807) is 0 Å². The fraction of sp³-hybridized carbons (Fsp3) is 0.429. The first kappa shape index (κ1) is 14.3. The summed E-state index contributed by atoms with van der Waals surface area (Å²) in [5.41, 5.74) is 2.58. The van der Waals surface area contributed by atoms with E-state index in [1.807, 2.05) is 32.0 Å². The number of anilines is 1. The molecule has 1 aromatic carbocycles. The topological polar surface area (TPSA) is 89.9 Å². The summed E-state index contributed by atoms with van der Waals surface area (Å²) >= 11 is 0. The highest BCUT2D eigenvalue weighted by Crippen LogP contribution is 2.22. The fourth-order valence-corrected chi connectivity index (χ4v) is 2.36. The van der Waals surface area contributed by atoms with Crippen molar-refractivity contribution in [1.29, 1.82) is 0 Å². The van der Waals surface area contributed by atoms with Crippen molar-refractivity contribution >= 4 is 17.7 Å². The number of aliphatic hydroxyl groups excluding tert-OH is 1. The quantitative estimate of drug-likeness (QED) is 0.762. The Balaban J connectivity index is 2.15. The summed E-state index contributed by atoms with van der Waals surface area (Å²) < 4.78 is 0. The molecule has 1 aromatic rings. The van der Waals surface area contributed by atoms with Crippen LogP contribution in [0.3, 0.4) is 0 Å². The highest BCUT2D eigenvalue weighted by molar-refractivity contribution is 5.97. The maximum atomic E-state index is 12.2. The molecule has 0 saturated carbocycles. The SMILES string of the molecule is Cc1ccc(C)c(NC(=O)C2CC(O)CN2C(=O)O)c1. The Kier molecular flexibility index (Phi) is 3.94. The highest BCUT2D eigenvalue weighted by Gasteiger charge is 2.39. The summed E-state index contributed by atoms with van der Waals surface area (Å²) in [5, 5.41) is 21.3. The van der Waals surface area contributed by atoms with Gasteiger partial charge in [-0.3, -0.25) is 9.69 Å². The van der Waals surface area contributed by atoms with Gasteiger partial charge in [-0.15, -0.1) is 0 Å². The van der Waals surface area contributed by atoms with E-state index in [2.05, 4.69) is 5.32 Å². The van der Waals surface area contributed by atoms with E-state index in [0.717, 1.165) is 16.0 Å². The number of hydrogen-bond acceptors (Lipinski definition) is 3. The summed E-state index contributed by atoms with van der Waals surface area (Å²) in [4.78, 5) is 24.3. The van der Waals surface area contributed by atoms with Crippen LogP contribution < -0.4 is 5.32 Å². The number of rotatable bonds is 2. The number of β-amino-alcohol motifs (C(OH)–C–C–N with tert-alkyl or cyclic N) is 1. The molecule has 1 heterocycles. The Labute approximate surface area is 117 Å². The van der Waals surface area contributed by atoms with E-state index in [-0.39, 0.29) is 13.0 Å². The number of benzene rings is 1. The molecule has 2 amide bonds. The minimum atomic E-state index is -1.19. The van der Waals surface area contributed by atoms with Crippen LogP contribution in [0.1, 0.15) is 17.5 Å². The number of amides is 2. The zero-order chi connectivity index (χ0) is 14.9. The van der Waals surface area contributed by atoms with Gasteiger partial charge in [-0.2, -0.15) is 0 Å². The van der Waals surface area contributed by atoms with Crippen LogP contribution in [0.5, 0.6) is 0 Å². The summed E-state index contributed by atoms with van der Waals surface area (Å²) in [7, 11) is 0. The summed E-state index contributed by atoms with van der Waals surface area (Å²) in [6, 6.07) is 4.82. The second-order valence-electron chi connectivity index (χ2n) is 5.15. The molecule has 6 nitrogen and oxygen atoms in total. The molecule has 0 aliphatic carbocycles. The predicted octanol–water partition coefficient (Wildman–Crippen LogP) is 1.36. The number of aliphatic hydroxyl groups is 1. The molecule has 2 rings (SSSR count). The molecule has 0 aromatic heterocycles. The van der Waals surface area contributed by atoms with Crippen molar-refractivity contribution < 1.29 is 19.8 Å². The minimum Gasteiger partial charge on any atom is -0.465 e. The second-order valence-corrected chi connectivity index (χ2v) is 5.15. The molecule has 0 bridgehead atoms. The van der Waals surface area contributed by atoms with Gasteiger partial charge in [0.2, 0.25) is 5.91 Å². The van der Waals surface area contributed by atoms with Crippen LogP contribution in [0.4, 0.5) is 10.5 Å². The van der Waals surface area contributed by atoms with E-state index < -0.39 is 24.1 Å². The molecule has 0 spiro atoms. The molecule has 108 valence electrons. The number of nitrogens with zero attached hydrogens (tertiary/aromatic N) is 1. The molecule has 2 atom stereocenters. The van der Waals surface area contributed by atoms with Crippen LogP contribution in [0.2, 0.25) is 0 Å². The smallest absolute Gasteiger partial charge is 0.408 e. The lowest BCUT2D eigenvalue weighted by Gasteiger charge is -2.21. The number of carbonyl (C=O) groups is 2. The van der Waals surface area contributed by atoms with E-state index >= 15 is 0 Å². The van der Waals surface area contributed by atoms with E-state index in [0.29, 0.717) is 5.69 Å². The van der Waals surface area contributed by atoms with Crippen molar-refractivity contribution in [3.8, 4) is 0 Å². The van der Waals surface area contributed by atoms with Crippen LogP contribution in [-0.4, -0.2) is 45.8 Å². The van der Waals surface area contributed by atoms with Gasteiger partial charge in [-0.05, 0) is 31.0 Å². The van der Waals surface area contributed by atoms with E-state index in [4.69, 9.17) is 5.11 Å². The Hall–Kier alpha value is -2.08. The fourth-order valence-electron chi connectivity index (χ4n) is 2.36. The van der Waals surface area contributed by atoms with Gasteiger partial charge in [0.1, 0.15) is 6.04 Å². The zero-order valence-electron chi connectivity index (χ0n) is 11.5. The van der Waals surface area contributed by atoms with Crippen molar-refractivity contribution in [2.45, 2.75) is 32.4 Å². The average Bonchev–Trinajstić information content (AvgIpc) is 2.76. The number of nitrogens with one attached hydrogen (secondary N) is 1. The molecule has 1 fully saturated rings. The number of carbonyl (C=O) groups excluding carboxylic acids is 1. The largest absolute Gasteiger partial charge is 0.465 e. The number of hydrogen-bond donors (Lipinski definition) is 3. The zero-order valence-corrected chi connectivity index (χ0v) is 11.5. The molecule has 20 heavy (non-hydrogen) atoms. The van der Waals surface area contributed by atoms with Crippen LogP contribution in [0, 0.1) is 13.8 Å². The van der Waals surface area contributed by atoms with Gasteiger partial charge < -0.3 is 15.5 Å². The first-order valence-electron chi connectivity index (χ1n) is 6.44. The summed E-state index contributed by atoms with van der Waals surface area (Å²) in [6.07, 6.45) is -1.86. The maximum absolute atomic E-state index is 12.2. The van der Waals surface area contributed by atoms with Gasteiger partial charge in [0.05, 0.1) is 12.6 Å². The van der Waals surface area contributed by atoms with Crippen molar-refractivity contribution in [3.05, 3.63) is 29.3 Å². The summed E-state index contributed by atoms with van der Waals surface area (Å²) in [5.74, 6) is -0.405. The lowest BCUT2D eigenvalue weighted by atomic mass is 10.1. The molecule has 2 unspecified atom stereocenters. The average molecular weight is 278 g/mol. The van der Waals surface area contributed by atoms with Gasteiger partial charge in [-0.1, -0.05) is 12.1 Å². The van der Waals surface area contributed by atoms with Gasteiger partial charge >= 0.3 is 6.09 Å². The third kappa shape index (κ3) is 2.91. The molecular weight excluding hydrogens is 260 g/mol. The number of likely N-dealkylation sites (tertiary alicyclic amines) is 1. The molecule has 1 saturated heterocycles. The van der Waals surface area contributed by atoms with Crippen molar-refractivity contribution in [2.75, 3.05) is 11.9 Å². The van der Waals surface area contributed by atoms with Gasteiger partial charge in [0, 0.05) is 12.1 Å². The Bertz CT molecular complexity index is 544. The van der Waals surface area contributed by atoms with Crippen molar-refractivity contribution in [2.24, 2.45) is 0 Å². The normalized spacial score (nSPS) is 21.9. The Morgan fingerprint density at radius 2 is 2.05 bits per heavy atom. The molecule has 1 aliphatic heterocycles. The lowest BCUT2D eigenvalue weighted by Crippen LogP contribution is -2.42. The Morgan fingerprint density at radius 3 is 2.70 bits per heavy atom. The third-order valence-electron chi connectivity index (χ3n) is 3.48. The number of carboxylic acid groups (broad SMARTS) is 1. The molecule has 0 radical (unpaired) electrons. The van der Waals surface area contributed by atoms with Crippen LogP contribution >= 0.6 is 0 Å². The third-order valence-corrected chi connectivity index (χ3v) is 3.48. The molecule has 1 aliphatic rings. The monoisotopic (exact) mass is 278 g/mol. The highest BCUT2D eigenvalue weighted by atomic mass is 16.4. The Morgan fingerprint density at radius 1 is 1.35 bits per heavy atom. The lowest BCUT2D eigenvalue weighted by molar-refractivity contribution is -0.120. The first-order valence-corrected chi connectivity index (χ1v) is 6.44. The van der Waals surface area contributed by atoms with Crippen molar-refractivity contribution in [1.82, 2.24) is 4.90 Å². The van der Waals surface area contributed by atoms with Gasteiger partial charge in [-0.25, -0.2) is 4.79 Å². The maximum Gasteiger partial charge on any atom is 0.408 e. The standard InChI is InChI=1S/C14H18N2O4/c1-8-3-4-9(2)11(5-8)15-13(18)12-6-10(17)7-16(12)14(19)20/h3-5,10,12,17H,6-7H2,1-2H3,(H,15,18)(H,19,20).